The SMILES string of the molecule is C1CCC2CN(CCCN3CCOCC3)CC2C1. The third kappa shape index (κ3) is 3.25. The lowest BCUT2D eigenvalue weighted by molar-refractivity contribution is 0.0363. The van der Waals surface area contributed by atoms with Crippen molar-refractivity contribution in [1.82, 2.24) is 9.80 Å². The summed E-state index contributed by atoms with van der Waals surface area (Å²) in [6.45, 7) is 9.55. The molecule has 0 bridgehead atoms. The van der Waals surface area contributed by atoms with Gasteiger partial charge in [-0.3, -0.25) is 4.90 Å². The Labute approximate surface area is 111 Å². The molecule has 0 spiro atoms. The summed E-state index contributed by atoms with van der Waals surface area (Å²) in [6.07, 6.45) is 7.33. The lowest BCUT2D eigenvalue weighted by atomic mass is 9.82. The second kappa shape index (κ2) is 6.36. The number of morpholine rings is 1. The van der Waals surface area contributed by atoms with Crippen LogP contribution >= 0.6 is 0 Å². The van der Waals surface area contributed by atoms with Crippen molar-refractivity contribution in [2.24, 2.45) is 11.8 Å². The Bertz CT molecular complexity index is 239. The molecule has 3 rings (SSSR count). The topological polar surface area (TPSA) is 15.7 Å². The van der Waals surface area contributed by atoms with Crippen LogP contribution in [0.5, 0.6) is 0 Å². The normalized spacial score (nSPS) is 34.7. The van der Waals surface area contributed by atoms with Crippen LogP contribution in [0, 0.1) is 11.8 Å². The highest BCUT2D eigenvalue weighted by atomic mass is 16.5. The van der Waals surface area contributed by atoms with E-state index in [0.717, 1.165) is 38.1 Å². The average Bonchev–Trinajstić information content (AvgIpc) is 2.82. The number of likely N-dealkylation sites (tertiary alicyclic amines) is 1. The fraction of sp³-hybridized carbons (Fsp3) is 1.00. The summed E-state index contributed by atoms with van der Waals surface area (Å²) in [4.78, 5) is 5.30. The Morgan fingerprint density at radius 2 is 1.44 bits per heavy atom. The minimum absolute atomic E-state index is 0.938. The molecule has 0 aromatic heterocycles. The van der Waals surface area contributed by atoms with Crippen molar-refractivity contribution in [3.63, 3.8) is 0 Å². The molecule has 1 saturated carbocycles. The second-order valence-electron chi connectivity index (χ2n) is 6.37. The standard InChI is InChI=1S/C15H28N2O/c1-2-5-15-13-17(12-14(15)4-1)7-3-6-16-8-10-18-11-9-16/h14-15H,1-13H2. The van der Waals surface area contributed by atoms with Crippen LogP contribution in [-0.4, -0.2) is 62.3 Å². The van der Waals surface area contributed by atoms with Crippen molar-refractivity contribution in [2.45, 2.75) is 32.1 Å². The van der Waals surface area contributed by atoms with Gasteiger partial charge in [0.15, 0.2) is 0 Å². The third-order valence-corrected chi connectivity index (χ3v) is 5.10. The molecule has 0 amide bonds. The number of ether oxygens (including phenoxy) is 1. The summed E-state index contributed by atoms with van der Waals surface area (Å²) < 4.78 is 5.39. The fourth-order valence-electron chi connectivity index (χ4n) is 4.03. The molecule has 18 heavy (non-hydrogen) atoms. The maximum absolute atomic E-state index is 5.39. The third-order valence-electron chi connectivity index (χ3n) is 5.10. The van der Waals surface area contributed by atoms with Gasteiger partial charge >= 0.3 is 0 Å². The predicted octanol–water partition coefficient (Wildman–Crippen LogP) is 1.83. The van der Waals surface area contributed by atoms with Crippen LogP contribution in [0.15, 0.2) is 0 Å². The first-order valence-electron chi connectivity index (χ1n) is 7.94. The Morgan fingerprint density at radius 1 is 0.833 bits per heavy atom. The Hall–Kier alpha value is -0.120. The van der Waals surface area contributed by atoms with Gasteiger partial charge in [0.1, 0.15) is 0 Å². The van der Waals surface area contributed by atoms with E-state index in [2.05, 4.69) is 9.80 Å². The Morgan fingerprint density at radius 3 is 2.11 bits per heavy atom. The maximum atomic E-state index is 5.39. The van der Waals surface area contributed by atoms with E-state index in [-0.39, 0.29) is 0 Å². The van der Waals surface area contributed by atoms with E-state index in [4.69, 9.17) is 4.74 Å². The zero-order valence-electron chi connectivity index (χ0n) is 11.6. The molecule has 3 heteroatoms. The van der Waals surface area contributed by atoms with Gasteiger partial charge in [-0.2, -0.15) is 0 Å². The van der Waals surface area contributed by atoms with Crippen molar-refractivity contribution >= 4 is 0 Å². The first-order chi connectivity index (χ1) is 8.92. The minimum atomic E-state index is 0.938. The predicted molar refractivity (Wildman–Crippen MR) is 73.8 cm³/mol. The molecular weight excluding hydrogens is 224 g/mol. The highest BCUT2D eigenvalue weighted by Gasteiger charge is 2.33. The molecule has 1 aliphatic carbocycles. The van der Waals surface area contributed by atoms with Gasteiger partial charge in [-0.05, 0) is 44.2 Å². The van der Waals surface area contributed by atoms with Gasteiger partial charge < -0.3 is 9.64 Å². The summed E-state index contributed by atoms with van der Waals surface area (Å²) >= 11 is 0. The van der Waals surface area contributed by atoms with Gasteiger partial charge in [0.25, 0.3) is 0 Å². The van der Waals surface area contributed by atoms with E-state index in [9.17, 15) is 0 Å². The molecule has 3 fully saturated rings. The van der Waals surface area contributed by atoms with Gasteiger partial charge in [0.2, 0.25) is 0 Å². The molecule has 3 aliphatic rings. The highest BCUT2D eigenvalue weighted by molar-refractivity contribution is 4.86. The van der Waals surface area contributed by atoms with Crippen molar-refractivity contribution < 1.29 is 4.74 Å². The molecule has 3 nitrogen and oxygen atoms in total. The van der Waals surface area contributed by atoms with Crippen LogP contribution in [0.25, 0.3) is 0 Å². The first-order valence-corrected chi connectivity index (χ1v) is 7.94. The summed E-state index contributed by atoms with van der Waals surface area (Å²) in [5.41, 5.74) is 0. The van der Waals surface area contributed by atoms with Crippen LogP contribution in [0.4, 0.5) is 0 Å². The summed E-state index contributed by atoms with van der Waals surface area (Å²) in [6, 6.07) is 0. The summed E-state index contributed by atoms with van der Waals surface area (Å²) in [7, 11) is 0. The molecular formula is C15H28N2O. The lowest BCUT2D eigenvalue weighted by Gasteiger charge is -2.27. The van der Waals surface area contributed by atoms with Gasteiger partial charge in [-0.1, -0.05) is 12.8 Å². The van der Waals surface area contributed by atoms with Crippen LogP contribution in [-0.2, 0) is 4.74 Å². The number of hydrogen-bond acceptors (Lipinski definition) is 3. The molecule has 2 atom stereocenters. The Balaban J connectivity index is 1.34. The van der Waals surface area contributed by atoms with Gasteiger partial charge in [0, 0.05) is 26.2 Å². The number of nitrogens with zero attached hydrogens (tertiary/aromatic N) is 2. The van der Waals surface area contributed by atoms with E-state index >= 15 is 0 Å². The number of rotatable bonds is 4. The summed E-state index contributed by atoms with van der Waals surface area (Å²) in [5.74, 6) is 2.09. The van der Waals surface area contributed by atoms with E-state index in [1.54, 1.807) is 0 Å². The van der Waals surface area contributed by atoms with Crippen LogP contribution in [0.2, 0.25) is 0 Å². The van der Waals surface area contributed by atoms with Crippen LogP contribution < -0.4 is 0 Å². The molecule has 0 radical (unpaired) electrons. The Kier molecular flexibility index (Phi) is 4.55. The monoisotopic (exact) mass is 252 g/mol. The number of fused-ring (bicyclic) bond motifs is 1. The fourth-order valence-corrected chi connectivity index (χ4v) is 4.03. The summed E-state index contributed by atoms with van der Waals surface area (Å²) in [5, 5.41) is 0. The van der Waals surface area contributed by atoms with Crippen molar-refractivity contribution in [3.8, 4) is 0 Å². The second-order valence-corrected chi connectivity index (χ2v) is 6.37. The number of hydrogen-bond donors (Lipinski definition) is 0. The van der Waals surface area contributed by atoms with Crippen molar-refractivity contribution in [3.05, 3.63) is 0 Å². The van der Waals surface area contributed by atoms with E-state index in [1.807, 2.05) is 0 Å². The maximum Gasteiger partial charge on any atom is 0.0594 e. The van der Waals surface area contributed by atoms with E-state index in [1.165, 1.54) is 58.3 Å². The zero-order valence-corrected chi connectivity index (χ0v) is 11.6. The van der Waals surface area contributed by atoms with Crippen LogP contribution in [0.1, 0.15) is 32.1 Å². The smallest absolute Gasteiger partial charge is 0.0594 e. The molecule has 2 aliphatic heterocycles. The van der Waals surface area contributed by atoms with E-state index in [0.29, 0.717) is 0 Å². The van der Waals surface area contributed by atoms with Gasteiger partial charge in [0.05, 0.1) is 13.2 Å². The van der Waals surface area contributed by atoms with Gasteiger partial charge in [-0.25, -0.2) is 0 Å². The largest absolute Gasteiger partial charge is 0.379 e. The first kappa shape index (κ1) is 12.9. The molecule has 2 saturated heterocycles. The molecule has 2 heterocycles. The van der Waals surface area contributed by atoms with Gasteiger partial charge in [-0.15, -0.1) is 0 Å². The average molecular weight is 252 g/mol. The lowest BCUT2D eigenvalue weighted by Crippen LogP contribution is -2.38. The van der Waals surface area contributed by atoms with Crippen molar-refractivity contribution in [2.75, 3.05) is 52.5 Å². The van der Waals surface area contributed by atoms with Crippen LogP contribution in [0.3, 0.4) is 0 Å². The van der Waals surface area contributed by atoms with E-state index < -0.39 is 0 Å². The molecule has 2 unspecified atom stereocenters. The molecule has 0 N–H and O–H groups in total. The quantitative estimate of drug-likeness (QED) is 0.759. The molecule has 0 aromatic rings. The molecule has 104 valence electrons. The zero-order chi connectivity index (χ0) is 12.2. The van der Waals surface area contributed by atoms with Crippen molar-refractivity contribution in [1.29, 1.82) is 0 Å². The minimum Gasteiger partial charge on any atom is -0.379 e. The molecule has 0 aromatic carbocycles. The highest BCUT2D eigenvalue weighted by Crippen LogP contribution is 2.35.